The highest BCUT2D eigenvalue weighted by Gasteiger charge is 2.63. The van der Waals surface area contributed by atoms with Gasteiger partial charge in [0.1, 0.15) is 6.10 Å². The number of carbonyl (C=O) groups is 2. The molecule has 4 N–H and O–H groups in total. The first-order valence-electron chi connectivity index (χ1n) is 13.2. The molecule has 2 heterocycles. The molecule has 35 heavy (non-hydrogen) atoms. The summed E-state index contributed by atoms with van der Waals surface area (Å²) in [4.78, 5) is 24.1. The Labute approximate surface area is 208 Å². The van der Waals surface area contributed by atoms with Crippen LogP contribution in [0.4, 0.5) is 0 Å². The number of carbonyl (C=O) groups excluding carboxylic acids is 2. The van der Waals surface area contributed by atoms with Crippen molar-refractivity contribution in [2.24, 2.45) is 11.3 Å². The molecule has 2 aliphatic heterocycles. The summed E-state index contributed by atoms with van der Waals surface area (Å²) >= 11 is 0. The molecule has 2 fully saturated rings. The van der Waals surface area contributed by atoms with Crippen LogP contribution in [0.5, 0.6) is 0 Å². The molecule has 1 aliphatic carbocycles. The predicted octanol–water partition coefficient (Wildman–Crippen LogP) is 2.90. The maximum Gasteiger partial charge on any atom is 0.305 e. The summed E-state index contributed by atoms with van der Waals surface area (Å²) in [5, 5.41) is 36.0. The first-order chi connectivity index (χ1) is 16.8. The lowest BCUT2D eigenvalue weighted by Gasteiger charge is -2.55. The summed E-state index contributed by atoms with van der Waals surface area (Å²) in [6.07, 6.45) is 10.9. The van der Waals surface area contributed by atoms with Gasteiger partial charge in [-0.25, -0.2) is 0 Å². The highest BCUT2D eigenvalue weighted by Crippen LogP contribution is 2.58. The minimum absolute atomic E-state index is 0.00892. The second-order valence-electron chi connectivity index (χ2n) is 10.3. The van der Waals surface area contributed by atoms with Gasteiger partial charge in [0, 0.05) is 49.3 Å². The standard InChI is InChI=1S/C27H43NO7/c1-3-4-8-11-19-22(35-26(33)15-14-23-27(19,18-26)24(31)17-28-23)16-21(30)20(29)12-9-6-5-7-10-13-25(32)34-2/h4,8,14,19-20,22,24,28-29,31,33H,3,5-7,9-13,15-18H2,1-2H3/b8-4-/t19-,20?,22+,24+,26-,27?/m1/s1. The second kappa shape index (κ2) is 12.5. The number of β-amino-alcohol motifs (C(OH)–C–C–N with tert-alkyl or cyclic N) is 1. The molecule has 1 spiro atoms. The largest absolute Gasteiger partial charge is 0.469 e. The van der Waals surface area contributed by atoms with Gasteiger partial charge in [-0.05, 0) is 25.7 Å². The summed E-state index contributed by atoms with van der Waals surface area (Å²) in [6.45, 7) is 2.47. The number of esters is 1. The van der Waals surface area contributed by atoms with Crippen LogP contribution >= 0.6 is 0 Å². The SMILES string of the molecule is CC/C=C\C[C@@H]1[C@H](CC(=O)C(O)CCCCCCCC(=O)OC)O[C@]2(O)CC=C3NC[C@H](O)C31C2. The summed E-state index contributed by atoms with van der Waals surface area (Å²) in [5.41, 5.74) is 0.266. The van der Waals surface area contributed by atoms with Crippen molar-refractivity contribution in [3.05, 3.63) is 23.9 Å². The number of unbranched alkanes of at least 4 members (excludes halogenated alkanes) is 4. The smallest absolute Gasteiger partial charge is 0.305 e. The number of aliphatic hydroxyl groups is 3. The molecule has 0 aromatic carbocycles. The van der Waals surface area contributed by atoms with Crippen LogP contribution in [0, 0.1) is 11.3 Å². The average Bonchev–Trinajstić information content (AvgIpc) is 3.14. The Morgan fingerprint density at radius 3 is 2.74 bits per heavy atom. The molecule has 0 radical (unpaired) electrons. The molecule has 6 atom stereocenters. The summed E-state index contributed by atoms with van der Waals surface area (Å²) in [7, 11) is 1.39. The number of ketones is 1. The van der Waals surface area contributed by atoms with Crippen molar-refractivity contribution < 1.29 is 34.4 Å². The van der Waals surface area contributed by atoms with E-state index < -0.39 is 29.5 Å². The van der Waals surface area contributed by atoms with Crippen molar-refractivity contribution >= 4 is 11.8 Å². The average molecular weight is 494 g/mol. The summed E-state index contributed by atoms with van der Waals surface area (Å²) < 4.78 is 10.8. The minimum atomic E-state index is -1.42. The topological polar surface area (TPSA) is 125 Å². The van der Waals surface area contributed by atoms with Gasteiger partial charge in [0.25, 0.3) is 0 Å². The molecule has 8 nitrogen and oxygen atoms in total. The zero-order valence-electron chi connectivity index (χ0n) is 21.2. The second-order valence-corrected chi connectivity index (χ2v) is 10.3. The molecular weight excluding hydrogens is 450 g/mol. The summed E-state index contributed by atoms with van der Waals surface area (Å²) in [5.74, 6) is -2.08. The van der Waals surface area contributed by atoms with Gasteiger partial charge in [0.05, 0.1) is 19.3 Å². The van der Waals surface area contributed by atoms with E-state index in [0.717, 1.165) is 44.2 Å². The fourth-order valence-corrected chi connectivity index (χ4v) is 6.05. The normalized spacial score (nSPS) is 32.6. The van der Waals surface area contributed by atoms with Crippen LogP contribution in [0.3, 0.4) is 0 Å². The Morgan fingerprint density at radius 1 is 1.26 bits per heavy atom. The van der Waals surface area contributed by atoms with Crippen molar-refractivity contribution in [3.8, 4) is 0 Å². The lowest BCUT2D eigenvalue weighted by Crippen LogP contribution is -2.60. The molecular formula is C27H43NO7. The van der Waals surface area contributed by atoms with Crippen LogP contribution in [0.2, 0.25) is 0 Å². The number of allylic oxidation sites excluding steroid dienone is 2. The van der Waals surface area contributed by atoms with Gasteiger partial charge in [0.2, 0.25) is 0 Å². The lowest BCUT2D eigenvalue weighted by atomic mass is 9.59. The lowest BCUT2D eigenvalue weighted by molar-refractivity contribution is -0.304. The Hall–Kier alpha value is -1.74. The van der Waals surface area contributed by atoms with E-state index in [2.05, 4.69) is 29.1 Å². The van der Waals surface area contributed by atoms with E-state index >= 15 is 0 Å². The van der Waals surface area contributed by atoms with Gasteiger partial charge < -0.3 is 30.1 Å². The van der Waals surface area contributed by atoms with E-state index in [1.165, 1.54) is 7.11 Å². The molecule has 3 rings (SSSR count). The fourth-order valence-electron chi connectivity index (χ4n) is 6.05. The van der Waals surface area contributed by atoms with E-state index in [1.54, 1.807) is 0 Å². The highest BCUT2D eigenvalue weighted by molar-refractivity contribution is 5.83. The fraction of sp³-hybridized carbons (Fsp3) is 0.778. The molecule has 0 saturated carbocycles. The third-order valence-corrected chi connectivity index (χ3v) is 7.91. The Kier molecular flexibility index (Phi) is 9.93. The number of rotatable bonds is 14. The summed E-state index contributed by atoms with van der Waals surface area (Å²) in [6, 6.07) is 0. The molecule has 2 saturated heterocycles. The number of aliphatic hydroxyl groups excluding tert-OH is 2. The minimum Gasteiger partial charge on any atom is -0.469 e. The zero-order valence-corrected chi connectivity index (χ0v) is 21.2. The van der Waals surface area contributed by atoms with Gasteiger partial charge in [-0.2, -0.15) is 0 Å². The van der Waals surface area contributed by atoms with E-state index in [-0.39, 0.29) is 24.1 Å². The van der Waals surface area contributed by atoms with E-state index in [1.807, 2.05) is 6.08 Å². The number of fused-ring (bicyclic) bond motifs is 1. The van der Waals surface area contributed by atoms with Crippen LogP contribution < -0.4 is 5.32 Å². The van der Waals surface area contributed by atoms with Crippen LogP contribution in [0.1, 0.15) is 84.0 Å². The maximum atomic E-state index is 13.0. The van der Waals surface area contributed by atoms with Crippen molar-refractivity contribution in [1.82, 2.24) is 5.32 Å². The van der Waals surface area contributed by atoms with Gasteiger partial charge in [-0.1, -0.05) is 50.8 Å². The highest BCUT2D eigenvalue weighted by atomic mass is 16.6. The number of hydrogen-bond donors (Lipinski definition) is 4. The first kappa shape index (κ1) is 27.8. The molecule has 0 aromatic rings. The van der Waals surface area contributed by atoms with Crippen LogP contribution in [0.25, 0.3) is 0 Å². The van der Waals surface area contributed by atoms with Crippen molar-refractivity contribution in [1.29, 1.82) is 0 Å². The van der Waals surface area contributed by atoms with Crippen LogP contribution in [0.15, 0.2) is 23.9 Å². The quantitative estimate of drug-likeness (QED) is 0.165. The first-order valence-corrected chi connectivity index (χ1v) is 13.2. The monoisotopic (exact) mass is 493 g/mol. The van der Waals surface area contributed by atoms with Crippen molar-refractivity contribution in [2.75, 3.05) is 13.7 Å². The third kappa shape index (κ3) is 6.53. The molecule has 2 unspecified atom stereocenters. The molecule has 8 heteroatoms. The van der Waals surface area contributed by atoms with Crippen molar-refractivity contribution in [2.45, 2.75) is 108 Å². The number of methoxy groups -OCH3 is 1. The molecule has 198 valence electrons. The molecule has 0 aromatic heterocycles. The number of Topliss-reactive ketones (excluding diaryl/α,β-unsaturated/α-hetero) is 1. The van der Waals surface area contributed by atoms with Gasteiger partial charge in [-0.3, -0.25) is 9.59 Å². The zero-order chi connectivity index (χ0) is 25.5. The van der Waals surface area contributed by atoms with Gasteiger partial charge in [0.15, 0.2) is 11.6 Å². The number of nitrogens with one attached hydrogen (secondary N) is 1. The third-order valence-electron chi connectivity index (χ3n) is 7.91. The predicted molar refractivity (Wildman–Crippen MR) is 131 cm³/mol. The van der Waals surface area contributed by atoms with Crippen LogP contribution in [-0.2, 0) is 19.1 Å². The number of ether oxygens (including phenoxy) is 2. The Bertz CT molecular complexity index is 796. The molecule has 2 bridgehead atoms. The molecule has 0 amide bonds. The van der Waals surface area contributed by atoms with Gasteiger partial charge in [-0.15, -0.1) is 0 Å². The van der Waals surface area contributed by atoms with Crippen LogP contribution in [-0.4, -0.2) is 64.8 Å². The maximum absolute atomic E-state index is 13.0. The van der Waals surface area contributed by atoms with E-state index in [9.17, 15) is 24.9 Å². The Balaban J connectivity index is 1.58. The van der Waals surface area contributed by atoms with Gasteiger partial charge >= 0.3 is 5.97 Å². The number of hydrogen-bond acceptors (Lipinski definition) is 8. The van der Waals surface area contributed by atoms with Crippen molar-refractivity contribution in [3.63, 3.8) is 0 Å². The van der Waals surface area contributed by atoms with E-state index in [0.29, 0.717) is 38.6 Å². The van der Waals surface area contributed by atoms with E-state index in [4.69, 9.17) is 4.74 Å². The Morgan fingerprint density at radius 2 is 2.00 bits per heavy atom. The molecule has 3 aliphatic rings.